The zero-order chi connectivity index (χ0) is 26.4. The number of aromatic amines is 1. The molecule has 0 spiro atoms. The number of anilines is 1. The average Bonchev–Trinajstić information content (AvgIpc) is 3.27. The van der Waals surface area contributed by atoms with E-state index in [0.717, 1.165) is 28.4 Å². The molecule has 2 N–H and O–H groups in total. The minimum absolute atomic E-state index is 0.0137. The van der Waals surface area contributed by atoms with Gasteiger partial charge < -0.3 is 34.1 Å². The zero-order valence-electron chi connectivity index (χ0n) is 22.0. The average molecular weight is 510 g/mol. The number of hydrogen-bond acceptors (Lipinski definition) is 7. The molecule has 0 radical (unpaired) electrons. The van der Waals surface area contributed by atoms with Crippen LogP contribution in [0, 0.1) is 0 Å². The number of amidine groups is 1. The van der Waals surface area contributed by atoms with Gasteiger partial charge in [-0.1, -0.05) is 12.1 Å². The van der Waals surface area contributed by atoms with E-state index in [1.807, 2.05) is 42.5 Å². The van der Waals surface area contributed by atoms with Crippen molar-refractivity contribution in [3.8, 4) is 11.5 Å². The Morgan fingerprint density at radius 3 is 2.59 bits per heavy atom. The van der Waals surface area contributed by atoms with Crippen molar-refractivity contribution in [2.24, 2.45) is 4.99 Å². The molecular formula is C27H35N5O5. The van der Waals surface area contributed by atoms with Gasteiger partial charge in [-0.05, 0) is 25.5 Å². The first-order valence-corrected chi connectivity index (χ1v) is 12.2. The molecule has 2 aromatic carbocycles. The van der Waals surface area contributed by atoms with Crippen LogP contribution in [0.2, 0.25) is 0 Å². The molecule has 10 heteroatoms. The van der Waals surface area contributed by atoms with Crippen molar-refractivity contribution in [3.63, 3.8) is 0 Å². The SMILES string of the molecule is CN=C1C(c2nc3ccccc3[nH]2)COCC(C)(CCNC(=O)COC)N1c1cc(OC)cc(OC)c1. The lowest BCUT2D eigenvalue weighted by molar-refractivity contribution is -0.124. The molecule has 1 amide bonds. The highest BCUT2D eigenvalue weighted by atomic mass is 16.5. The number of aliphatic imine (C=N–C) groups is 1. The highest BCUT2D eigenvalue weighted by Crippen LogP contribution is 2.38. The topological polar surface area (TPSA) is 110 Å². The van der Waals surface area contributed by atoms with Crippen molar-refractivity contribution in [1.29, 1.82) is 0 Å². The second-order valence-electron chi connectivity index (χ2n) is 9.22. The van der Waals surface area contributed by atoms with E-state index in [4.69, 9.17) is 28.9 Å². The van der Waals surface area contributed by atoms with E-state index in [1.165, 1.54) is 7.11 Å². The summed E-state index contributed by atoms with van der Waals surface area (Å²) in [5, 5.41) is 2.93. The fraction of sp³-hybridized carbons (Fsp3) is 0.444. The molecule has 1 aliphatic rings. The third kappa shape index (κ3) is 5.70. The second-order valence-corrected chi connectivity index (χ2v) is 9.22. The molecule has 1 saturated heterocycles. The van der Waals surface area contributed by atoms with Crippen molar-refractivity contribution in [2.75, 3.05) is 59.6 Å². The monoisotopic (exact) mass is 509 g/mol. The Kier molecular flexibility index (Phi) is 8.30. The van der Waals surface area contributed by atoms with E-state index in [2.05, 4.69) is 22.1 Å². The number of para-hydroxylation sites is 2. The van der Waals surface area contributed by atoms with Gasteiger partial charge in [0.1, 0.15) is 29.8 Å². The van der Waals surface area contributed by atoms with Gasteiger partial charge in [0.05, 0.1) is 55.6 Å². The quantitative estimate of drug-likeness (QED) is 0.456. The normalized spacial score (nSPS) is 21.2. The van der Waals surface area contributed by atoms with Crippen LogP contribution < -0.4 is 19.7 Å². The van der Waals surface area contributed by atoms with Crippen LogP contribution in [0.3, 0.4) is 0 Å². The van der Waals surface area contributed by atoms with Gasteiger partial charge in [-0.25, -0.2) is 4.98 Å². The van der Waals surface area contributed by atoms with Gasteiger partial charge in [-0.3, -0.25) is 9.79 Å². The highest BCUT2D eigenvalue weighted by Gasteiger charge is 2.42. The van der Waals surface area contributed by atoms with Crippen molar-refractivity contribution in [1.82, 2.24) is 15.3 Å². The van der Waals surface area contributed by atoms with Crippen LogP contribution in [0.1, 0.15) is 25.1 Å². The molecule has 1 aromatic heterocycles. The Morgan fingerprint density at radius 1 is 1.22 bits per heavy atom. The summed E-state index contributed by atoms with van der Waals surface area (Å²) in [5.41, 5.74) is 2.12. The van der Waals surface area contributed by atoms with E-state index in [9.17, 15) is 4.79 Å². The summed E-state index contributed by atoms with van der Waals surface area (Å²) in [4.78, 5) is 27.3. The summed E-state index contributed by atoms with van der Waals surface area (Å²) in [5.74, 6) is 2.47. The number of fused-ring (bicyclic) bond motifs is 1. The Morgan fingerprint density at radius 2 is 1.95 bits per heavy atom. The Balaban J connectivity index is 1.78. The van der Waals surface area contributed by atoms with Gasteiger partial charge in [0.15, 0.2) is 0 Å². The van der Waals surface area contributed by atoms with Crippen molar-refractivity contribution in [2.45, 2.75) is 24.8 Å². The molecule has 37 heavy (non-hydrogen) atoms. The number of nitrogens with zero attached hydrogens (tertiary/aromatic N) is 3. The molecule has 1 fully saturated rings. The highest BCUT2D eigenvalue weighted by molar-refractivity contribution is 6.04. The molecule has 3 aromatic rings. The Labute approximate surface area is 217 Å². The van der Waals surface area contributed by atoms with Gasteiger partial charge in [0.2, 0.25) is 5.91 Å². The number of methoxy groups -OCH3 is 3. The summed E-state index contributed by atoms with van der Waals surface area (Å²) in [6, 6.07) is 13.7. The fourth-order valence-electron chi connectivity index (χ4n) is 4.77. The van der Waals surface area contributed by atoms with Crippen LogP contribution >= 0.6 is 0 Å². The first kappa shape index (κ1) is 26.4. The first-order valence-electron chi connectivity index (χ1n) is 12.2. The van der Waals surface area contributed by atoms with E-state index >= 15 is 0 Å². The summed E-state index contributed by atoms with van der Waals surface area (Å²) >= 11 is 0. The standard InChI is InChI=1S/C27H35N5O5/c1-27(10-11-29-24(33)16-34-3)17-37-15-21(25-30-22-8-6-7-9-23(22)31-25)26(28-2)32(27)18-12-19(35-4)14-20(13-18)36-5/h6-9,12-14,21H,10-11,15-17H2,1-5H3,(H,29,33)(H,30,31). The van der Waals surface area contributed by atoms with Gasteiger partial charge >= 0.3 is 0 Å². The van der Waals surface area contributed by atoms with Crippen molar-refractivity contribution in [3.05, 3.63) is 48.3 Å². The predicted octanol–water partition coefficient (Wildman–Crippen LogP) is 3.14. The number of carbonyl (C=O) groups is 1. The second kappa shape index (κ2) is 11.6. The number of nitrogens with one attached hydrogen (secondary N) is 2. The molecule has 0 aliphatic carbocycles. The Bertz CT molecular complexity index is 1200. The number of aromatic nitrogens is 2. The number of ether oxygens (including phenoxy) is 4. The molecule has 2 unspecified atom stereocenters. The number of imidazole rings is 1. The van der Waals surface area contributed by atoms with E-state index in [1.54, 1.807) is 21.3 Å². The van der Waals surface area contributed by atoms with Crippen LogP contribution in [0.15, 0.2) is 47.5 Å². The molecule has 1 aliphatic heterocycles. The number of carbonyl (C=O) groups excluding carboxylic acids is 1. The molecule has 4 rings (SSSR count). The van der Waals surface area contributed by atoms with E-state index in [-0.39, 0.29) is 18.4 Å². The van der Waals surface area contributed by atoms with Gasteiger partial charge in [-0.15, -0.1) is 0 Å². The minimum atomic E-state index is -0.562. The third-order valence-corrected chi connectivity index (χ3v) is 6.60. The maximum Gasteiger partial charge on any atom is 0.245 e. The number of hydrogen-bond donors (Lipinski definition) is 2. The molecule has 198 valence electrons. The molecule has 0 bridgehead atoms. The first-order chi connectivity index (χ1) is 17.9. The maximum absolute atomic E-state index is 12.1. The summed E-state index contributed by atoms with van der Waals surface area (Å²) in [6.07, 6.45) is 0.591. The third-order valence-electron chi connectivity index (χ3n) is 6.60. The number of benzene rings is 2. The minimum Gasteiger partial charge on any atom is -0.497 e. The lowest BCUT2D eigenvalue weighted by Gasteiger charge is -2.42. The zero-order valence-corrected chi connectivity index (χ0v) is 22.0. The van der Waals surface area contributed by atoms with Crippen LogP contribution in [0.5, 0.6) is 11.5 Å². The summed E-state index contributed by atoms with van der Waals surface area (Å²) in [7, 11) is 6.53. The summed E-state index contributed by atoms with van der Waals surface area (Å²) in [6.45, 7) is 3.36. The fourth-order valence-corrected chi connectivity index (χ4v) is 4.77. The predicted molar refractivity (Wildman–Crippen MR) is 143 cm³/mol. The maximum atomic E-state index is 12.1. The smallest absolute Gasteiger partial charge is 0.245 e. The van der Waals surface area contributed by atoms with Crippen LogP contribution in [-0.2, 0) is 14.3 Å². The van der Waals surface area contributed by atoms with Gasteiger partial charge in [0.25, 0.3) is 0 Å². The van der Waals surface area contributed by atoms with Crippen LogP contribution in [-0.4, -0.2) is 82.0 Å². The largest absolute Gasteiger partial charge is 0.497 e. The molecular weight excluding hydrogens is 474 g/mol. The lowest BCUT2D eigenvalue weighted by Crippen LogP contribution is -2.54. The van der Waals surface area contributed by atoms with Crippen LogP contribution in [0.25, 0.3) is 11.0 Å². The van der Waals surface area contributed by atoms with Gasteiger partial charge in [0, 0.05) is 38.9 Å². The number of H-pyrrole nitrogens is 1. The number of amides is 1. The Hall–Kier alpha value is -3.63. The van der Waals surface area contributed by atoms with Crippen molar-refractivity contribution < 1.29 is 23.7 Å². The lowest BCUT2D eigenvalue weighted by atomic mass is 9.93. The number of rotatable bonds is 9. The molecule has 2 atom stereocenters. The summed E-state index contributed by atoms with van der Waals surface area (Å²) < 4.78 is 22.4. The van der Waals surface area contributed by atoms with E-state index in [0.29, 0.717) is 37.7 Å². The molecule has 10 nitrogen and oxygen atoms in total. The van der Waals surface area contributed by atoms with Crippen LogP contribution in [0.4, 0.5) is 5.69 Å². The van der Waals surface area contributed by atoms with Gasteiger partial charge in [-0.2, -0.15) is 0 Å². The molecule has 2 heterocycles. The van der Waals surface area contributed by atoms with Crippen molar-refractivity contribution >= 4 is 28.5 Å². The van der Waals surface area contributed by atoms with E-state index < -0.39 is 5.54 Å². The molecule has 0 saturated carbocycles.